The van der Waals surface area contributed by atoms with Gasteiger partial charge < -0.3 is 10.6 Å². The van der Waals surface area contributed by atoms with Crippen LogP contribution in [-0.2, 0) is 4.79 Å². The molecule has 0 aliphatic carbocycles. The molecule has 0 saturated carbocycles. The largest absolute Gasteiger partial charge is 0.354 e. The monoisotopic (exact) mass is 396 g/mol. The van der Waals surface area contributed by atoms with Gasteiger partial charge in [0.25, 0.3) is 0 Å². The van der Waals surface area contributed by atoms with E-state index in [1.165, 1.54) is 11.6 Å². The molecule has 0 fully saturated rings. The van der Waals surface area contributed by atoms with Gasteiger partial charge in [0.2, 0.25) is 5.91 Å². The highest BCUT2D eigenvalue weighted by Crippen LogP contribution is 2.26. The number of carbonyl (C=O) groups is 1. The van der Waals surface area contributed by atoms with E-state index in [0.29, 0.717) is 15.7 Å². The van der Waals surface area contributed by atoms with Crippen molar-refractivity contribution in [3.05, 3.63) is 94.0 Å². The first-order chi connectivity index (χ1) is 13.0. The molecule has 0 aliphatic rings. The van der Waals surface area contributed by atoms with Crippen LogP contribution in [0.2, 0.25) is 10.0 Å². The molecule has 0 atom stereocenters. The van der Waals surface area contributed by atoms with E-state index in [0.717, 1.165) is 16.9 Å². The summed E-state index contributed by atoms with van der Waals surface area (Å²) in [5.74, 6) is -0.251. The summed E-state index contributed by atoms with van der Waals surface area (Å²) in [4.78, 5) is 12.3. The SMILES string of the molecule is Cc1ccc(Nc2ccccc2NC(=O)/C=C/c2ccc(Cl)cc2Cl)cc1. The predicted octanol–water partition coefficient (Wildman–Crippen LogP) is 6.70. The molecule has 27 heavy (non-hydrogen) atoms. The van der Waals surface area contributed by atoms with Crippen LogP contribution in [0.3, 0.4) is 0 Å². The van der Waals surface area contributed by atoms with Gasteiger partial charge >= 0.3 is 0 Å². The Bertz CT molecular complexity index is 982. The van der Waals surface area contributed by atoms with Gasteiger partial charge in [0.15, 0.2) is 0 Å². The Balaban J connectivity index is 1.72. The first kappa shape index (κ1) is 19.0. The Morgan fingerprint density at radius 3 is 2.33 bits per heavy atom. The summed E-state index contributed by atoms with van der Waals surface area (Å²) in [7, 11) is 0. The van der Waals surface area contributed by atoms with E-state index >= 15 is 0 Å². The molecule has 0 spiro atoms. The zero-order chi connectivity index (χ0) is 19.2. The van der Waals surface area contributed by atoms with E-state index in [1.807, 2.05) is 55.5 Å². The molecule has 0 unspecified atom stereocenters. The fraction of sp³-hybridized carbons (Fsp3) is 0.0455. The molecule has 5 heteroatoms. The third-order valence-electron chi connectivity index (χ3n) is 3.89. The number of aryl methyl sites for hydroxylation is 1. The molecule has 0 bridgehead atoms. The van der Waals surface area contributed by atoms with Gasteiger partial charge in [-0.1, -0.05) is 59.1 Å². The highest BCUT2D eigenvalue weighted by molar-refractivity contribution is 6.35. The topological polar surface area (TPSA) is 41.1 Å². The van der Waals surface area contributed by atoms with Gasteiger partial charge in [-0.15, -0.1) is 0 Å². The maximum absolute atomic E-state index is 12.3. The van der Waals surface area contributed by atoms with Crippen molar-refractivity contribution in [1.82, 2.24) is 0 Å². The minimum atomic E-state index is -0.251. The van der Waals surface area contributed by atoms with Gasteiger partial charge in [-0.3, -0.25) is 4.79 Å². The quantitative estimate of drug-likeness (QED) is 0.471. The predicted molar refractivity (Wildman–Crippen MR) is 115 cm³/mol. The van der Waals surface area contributed by atoms with Crippen LogP contribution in [0.5, 0.6) is 0 Å². The molecule has 136 valence electrons. The molecule has 0 saturated heterocycles. The molecule has 2 N–H and O–H groups in total. The minimum Gasteiger partial charge on any atom is -0.354 e. The second-order valence-corrected chi connectivity index (χ2v) is 6.87. The zero-order valence-electron chi connectivity index (χ0n) is 14.7. The number of hydrogen-bond acceptors (Lipinski definition) is 2. The van der Waals surface area contributed by atoms with Crippen molar-refractivity contribution in [1.29, 1.82) is 0 Å². The van der Waals surface area contributed by atoms with E-state index in [4.69, 9.17) is 23.2 Å². The van der Waals surface area contributed by atoms with Crippen LogP contribution in [0, 0.1) is 6.92 Å². The molecule has 0 radical (unpaired) electrons. The summed E-state index contributed by atoms with van der Waals surface area (Å²) >= 11 is 12.0. The number of benzene rings is 3. The van der Waals surface area contributed by atoms with Crippen molar-refractivity contribution in [2.75, 3.05) is 10.6 Å². The molecular formula is C22H18Cl2N2O. The van der Waals surface area contributed by atoms with Crippen molar-refractivity contribution < 1.29 is 4.79 Å². The van der Waals surface area contributed by atoms with E-state index < -0.39 is 0 Å². The smallest absolute Gasteiger partial charge is 0.248 e. The van der Waals surface area contributed by atoms with Crippen molar-refractivity contribution in [3.8, 4) is 0 Å². The van der Waals surface area contributed by atoms with Gasteiger partial charge in [-0.05, 0) is 55.0 Å². The van der Waals surface area contributed by atoms with Crippen molar-refractivity contribution in [3.63, 3.8) is 0 Å². The number of amides is 1. The second-order valence-electron chi connectivity index (χ2n) is 6.03. The number of rotatable bonds is 5. The fourth-order valence-electron chi connectivity index (χ4n) is 2.47. The lowest BCUT2D eigenvalue weighted by atomic mass is 10.2. The van der Waals surface area contributed by atoms with Gasteiger partial charge in [-0.2, -0.15) is 0 Å². The standard InChI is InChI=1S/C22H18Cl2N2O/c1-15-6-11-18(12-7-15)25-20-4-2-3-5-21(20)26-22(27)13-9-16-8-10-17(23)14-19(16)24/h2-14,25H,1H3,(H,26,27)/b13-9+. The number of anilines is 3. The summed E-state index contributed by atoms with van der Waals surface area (Å²) in [6.45, 7) is 2.04. The van der Waals surface area contributed by atoms with Gasteiger partial charge in [0, 0.05) is 21.8 Å². The van der Waals surface area contributed by atoms with Gasteiger partial charge in [0.05, 0.1) is 11.4 Å². The minimum absolute atomic E-state index is 0.251. The van der Waals surface area contributed by atoms with E-state index in [9.17, 15) is 4.79 Å². The van der Waals surface area contributed by atoms with E-state index in [-0.39, 0.29) is 5.91 Å². The molecule has 3 nitrogen and oxygen atoms in total. The Kier molecular flexibility index (Phi) is 6.17. The van der Waals surface area contributed by atoms with Gasteiger partial charge in [0.1, 0.15) is 0 Å². The van der Waals surface area contributed by atoms with Crippen LogP contribution >= 0.6 is 23.2 Å². The Morgan fingerprint density at radius 1 is 0.926 bits per heavy atom. The van der Waals surface area contributed by atoms with Crippen LogP contribution in [0.1, 0.15) is 11.1 Å². The number of para-hydroxylation sites is 2. The Hall–Kier alpha value is -2.75. The van der Waals surface area contributed by atoms with Crippen LogP contribution in [-0.4, -0.2) is 5.91 Å². The van der Waals surface area contributed by atoms with E-state index in [1.54, 1.807) is 24.3 Å². The van der Waals surface area contributed by atoms with Gasteiger partial charge in [-0.25, -0.2) is 0 Å². The summed E-state index contributed by atoms with van der Waals surface area (Å²) in [6.07, 6.45) is 3.10. The third-order valence-corrected chi connectivity index (χ3v) is 4.45. The number of hydrogen-bond donors (Lipinski definition) is 2. The fourth-order valence-corrected chi connectivity index (χ4v) is 2.94. The van der Waals surface area contributed by atoms with Crippen LogP contribution in [0.25, 0.3) is 6.08 Å². The lowest BCUT2D eigenvalue weighted by molar-refractivity contribution is -0.111. The highest BCUT2D eigenvalue weighted by Gasteiger charge is 2.05. The second kappa shape index (κ2) is 8.76. The molecule has 3 aromatic carbocycles. The van der Waals surface area contributed by atoms with Crippen molar-refractivity contribution in [2.45, 2.75) is 6.92 Å². The summed E-state index contributed by atoms with van der Waals surface area (Å²) in [6, 6.07) is 20.7. The molecule has 1 amide bonds. The van der Waals surface area contributed by atoms with E-state index in [2.05, 4.69) is 10.6 Å². The summed E-state index contributed by atoms with van der Waals surface area (Å²) in [5, 5.41) is 7.25. The Labute approximate surface area is 168 Å². The number of nitrogens with one attached hydrogen (secondary N) is 2. The van der Waals surface area contributed by atoms with Crippen LogP contribution in [0.15, 0.2) is 72.8 Å². The first-order valence-electron chi connectivity index (χ1n) is 8.38. The lowest BCUT2D eigenvalue weighted by Gasteiger charge is -2.12. The maximum Gasteiger partial charge on any atom is 0.248 e. The van der Waals surface area contributed by atoms with Crippen molar-refractivity contribution in [2.24, 2.45) is 0 Å². The molecule has 0 aliphatic heterocycles. The maximum atomic E-state index is 12.3. The highest BCUT2D eigenvalue weighted by atomic mass is 35.5. The average molecular weight is 397 g/mol. The molecular weight excluding hydrogens is 379 g/mol. The van der Waals surface area contributed by atoms with Crippen molar-refractivity contribution >= 4 is 52.2 Å². The number of halogens is 2. The zero-order valence-corrected chi connectivity index (χ0v) is 16.2. The molecule has 0 heterocycles. The lowest BCUT2D eigenvalue weighted by Crippen LogP contribution is -2.09. The summed E-state index contributed by atoms with van der Waals surface area (Å²) < 4.78 is 0. The Morgan fingerprint density at radius 2 is 1.63 bits per heavy atom. The molecule has 0 aromatic heterocycles. The first-order valence-corrected chi connectivity index (χ1v) is 9.14. The molecule has 3 rings (SSSR count). The third kappa shape index (κ3) is 5.36. The normalized spacial score (nSPS) is 10.8. The van der Waals surface area contributed by atoms with Crippen LogP contribution in [0.4, 0.5) is 17.1 Å². The molecule has 3 aromatic rings. The number of carbonyl (C=O) groups excluding carboxylic acids is 1. The summed E-state index contributed by atoms with van der Waals surface area (Å²) in [5.41, 5.74) is 4.36. The van der Waals surface area contributed by atoms with Crippen LogP contribution < -0.4 is 10.6 Å². The average Bonchev–Trinajstić information content (AvgIpc) is 2.64.